The lowest BCUT2D eigenvalue weighted by molar-refractivity contribution is -0.143. The number of aliphatic carboxylic acids is 3. The van der Waals surface area contributed by atoms with E-state index >= 15 is 0 Å². The molecular formula is C38H67N11O14. The number of unbranched alkanes of at least 4 members (excludes halogenated alkanes) is 2. The van der Waals surface area contributed by atoms with Crippen LogP contribution in [0.4, 0.5) is 0 Å². The van der Waals surface area contributed by atoms with E-state index in [9.17, 15) is 68.1 Å². The van der Waals surface area contributed by atoms with Gasteiger partial charge < -0.3 is 75.9 Å². The zero-order chi connectivity index (χ0) is 48.2. The minimum Gasteiger partial charge on any atom is -0.481 e. The van der Waals surface area contributed by atoms with E-state index in [-0.39, 0.29) is 38.1 Å². The monoisotopic (exact) mass is 901 g/mol. The lowest BCUT2D eigenvalue weighted by atomic mass is 10.0. The smallest absolute Gasteiger partial charge is 0.326 e. The molecule has 0 bridgehead atoms. The second-order valence-electron chi connectivity index (χ2n) is 15.4. The lowest BCUT2D eigenvalue weighted by Gasteiger charge is -2.28. The number of carboxylic acid groups (broad SMARTS) is 3. The molecule has 0 aliphatic rings. The third-order valence-electron chi connectivity index (χ3n) is 9.39. The Kier molecular flexibility index (Phi) is 28.1. The van der Waals surface area contributed by atoms with Crippen LogP contribution in [-0.2, 0) is 52.7 Å². The molecule has 8 amide bonds. The van der Waals surface area contributed by atoms with Crippen molar-refractivity contribution in [3.63, 3.8) is 0 Å². The first kappa shape index (κ1) is 57.1. The van der Waals surface area contributed by atoms with E-state index in [1.165, 1.54) is 0 Å². The minimum absolute atomic E-state index is 0.0162. The molecule has 358 valence electrons. The number of hydrogen-bond donors (Lipinski definition) is 14. The molecule has 63 heavy (non-hydrogen) atoms. The Morgan fingerprint density at radius 2 is 0.746 bits per heavy atom. The quantitative estimate of drug-likeness (QED) is 0.0269. The second-order valence-corrected chi connectivity index (χ2v) is 15.4. The maximum atomic E-state index is 13.9. The van der Waals surface area contributed by atoms with Gasteiger partial charge in [-0.15, -0.1) is 0 Å². The van der Waals surface area contributed by atoms with E-state index in [0.717, 1.165) is 0 Å². The van der Waals surface area contributed by atoms with Crippen LogP contribution in [0, 0.1) is 5.92 Å². The summed E-state index contributed by atoms with van der Waals surface area (Å²) in [6.07, 6.45) is -1.93. The first-order valence-corrected chi connectivity index (χ1v) is 20.7. The molecule has 0 aromatic rings. The van der Waals surface area contributed by atoms with Crippen LogP contribution in [0.15, 0.2) is 0 Å². The van der Waals surface area contributed by atoms with Crippen LogP contribution >= 0.6 is 0 Å². The Bertz CT molecular complexity index is 1580. The van der Waals surface area contributed by atoms with Gasteiger partial charge in [0.15, 0.2) is 0 Å². The first-order chi connectivity index (χ1) is 29.5. The molecule has 0 saturated heterocycles. The Hall–Kier alpha value is -5.95. The molecule has 0 rings (SSSR count). The van der Waals surface area contributed by atoms with Crippen LogP contribution in [0.25, 0.3) is 0 Å². The molecule has 0 aliphatic heterocycles. The molecule has 0 aliphatic carbocycles. The number of primary amides is 2. The van der Waals surface area contributed by atoms with Gasteiger partial charge >= 0.3 is 17.9 Å². The van der Waals surface area contributed by atoms with Gasteiger partial charge in [-0.25, -0.2) is 4.79 Å². The summed E-state index contributed by atoms with van der Waals surface area (Å²) < 4.78 is 0. The van der Waals surface area contributed by atoms with Crippen molar-refractivity contribution >= 4 is 65.2 Å². The highest BCUT2D eigenvalue weighted by Gasteiger charge is 2.34. The number of carboxylic acids is 3. The zero-order valence-electron chi connectivity index (χ0n) is 35.9. The standard InChI is InChI=1S/C38H67N11O14/c1-20(2)19-27(49-33(57)22(8-4-6-18-40)45-35(59)24(11-15-30(52)53)44-32(56)21(41)7-3-5-17-39)37(61)47-23(9-13-28(42)50)34(58)46-25(12-16-31(54)55)36(60)48-26(38(62)63)10-14-29(43)51/h20-27H,3-19,39-41H2,1-2H3,(H2,42,50)(H2,43,51)(H,44,56)(H,45,59)(H,46,58)(H,47,61)(H,48,60)(H,49,57)(H,52,53)(H,54,55)(H,62,63). The topological polar surface area (TPSA) is 451 Å². The fourth-order valence-electron chi connectivity index (χ4n) is 5.92. The third kappa shape index (κ3) is 25.6. The molecule has 0 radical (unpaired) electrons. The van der Waals surface area contributed by atoms with Crippen molar-refractivity contribution in [3.8, 4) is 0 Å². The van der Waals surface area contributed by atoms with Crippen LogP contribution in [0.5, 0.6) is 0 Å². The van der Waals surface area contributed by atoms with Gasteiger partial charge in [0.1, 0.15) is 36.3 Å². The molecule has 7 atom stereocenters. The highest BCUT2D eigenvalue weighted by Crippen LogP contribution is 2.11. The van der Waals surface area contributed by atoms with Crippen molar-refractivity contribution in [2.45, 2.75) is 152 Å². The Morgan fingerprint density at radius 1 is 0.429 bits per heavy atom. The fraction of sp³-hybridized carbons (Fsp3) is 0.711. The summed E-state index contributed by atoms with van der Waals surface area (Å²) >= 11 is 0. The average Bonchev–Trinajstić information content (AvgIpc) is 3.19. The highest BCUT2D eigenvalue weighted by atomic mass is 16.4. The van der Waals surface area contributed by atoms with Gasteiger partial charge in [0.05, 0.1) is 6.04 Å². The molecule has 0 saturated carbocycles. The number of carbonyl (C=O) groups excluding carboxylic acids is 8. The van der Waals surface area contributed by atoms with Gasteiger partial charge in [0, 0.05) is 25.7 Å². The van der Waals surface area contributed by atoms with Gasteiger partial charge in [-0.1, -0.05) is 20.3 Å². The zero-order valence-corrected chi connectivity index (χ0v) is 35.9. The highest BCUT2D eigenvalue weighted by molar-refractivity contribution is 5.97. The number of nitrogens with one attached hydrogen (secondary N) is 6. The van der Waals surface area contributed by atoms with Crippen molar-refractivity contribution in [3.05, 3.63) is 0 Å². The molecular weight excluding hydrogens is 834 g/mol. The first-order valence-electron chi connectivity index (χ1n) is 20.7. The number of carbonyl (C=O) groups is 11. The Labute approximate surface area is 364 Å². The normalized spacial score (nSPS) is 14.3. The van der Waals surface area contributed by atoms with Crippen LogP contribution < -0.4 is 60.6 Å². The molecule has 25 heteroatoms. The molecule has 0 heterocycles. The van der Waals surface area contributed by atoms with Crippen LogP contribution in [0.3, 0.4) is 0 Å². The van der Waals surface area contributed by atoms with Crippen molar-refractivity contribution in [2.24, 2.45) is 34.6 Å². The largest absolute Gasteiger partial charge is 0.481 e. The summed E-state index contributed by atoms with van der Waals surface area (Å²) in [5.74, 6) is -12.0. The minimum atomic E-state index is -1.70. The third-order valence-corrected chi connectivity index (χ3v) is 9.39. The van der Waals surface area contributed by atoms with Crippen LogP contribution in [0.2, 0.25) is 0 Å². The second kappa shape index (κ2) is 31.0. The van der Waals surface area contributed by atoms with Gasteiger partial charge in [-0.3, -0.25) is 47.9 Å². The number of amides is 8. The summed E-state index contributed by atoms with van der Waals surface area (Å²) in [6, 6.07) is -10.2. The summed E-state index contributed by atoms with van der Waals surface area (Å²) in [7, 11) is 0. The van der Waals surface area contributed by atoms with E-state index in [1.54, 1.807) is 13.8 Å². The van der Waals surface area contributed by atoms with Gasteiger partial charge in [0.2, 0.25) is 47.3 Å². The maximum absolute atomic E-state index is 13.9. The Balaban J connectivity index is 6.55. The summed E-state index contributed by atoms with van der Waals surface area (Å²) in [5.41, 5.74) is 27.5. The maximum Gasteiger partial charge on any atom is 0.326 e. The molecule has 0 aromatic carbocycles. The predicted molar refractivity (Wildman–Crippen MR) is 223 cm³/mol. The summed E-state index contributed by atoms with van der Waals surface area (Å²) in [5, 5.41) is 42.5. The molecule has 25 nitrogen and oxygen atoms in total. The van der Waals surface area contributed by atoms with E-state index in [1.807, 2.05) is 0 Å². The molecule has 0 spiro atoms. The number of hydrogen-bond acceptors (Lipinski definition) is 14. The molecule has 7 unspecified atom stereocenters. The van der Waals surface area contributed by atoms with Gasteiger partial charge in [-0.05, 0) is 83.2 Å². The Morgan fingerprint density at radius 3 is 1.11 bits per heavy atom. The van der Waals surface area contributed by atoms with Crippen molar-refractivity contribution in [1.29, 1.82) is 0 Å². The van der Waals surface area contributed by atoms with E-state index < -0.39 is 152 Å². The van der Waals surface area contributed by atoms with Crippen molar-refractivity contribution < 1.29 is 68.1 Å². The van der Waals surface area contributed by atoms with Crippen molar-refractivity contribution in [2.75, 3.05) is 13.1 Å². The summed E-state index contributed by atoms with van der Waals surface area (Å²) in [4.78, 5) is 139. The molecule has 0 fully saturated rings. The van der Waals surface area contributed by atoms with Crippen LogP contribution in [-0.4, -0.2) is 136 Å². The molecule has 0 aromatic heterocycles. The predicted octanol–water partition coefficient (Wildman–Crippen LogP) is -4.13. The van der Waals surface area contributed by atoms with Crippen LogP contribution in [0.1, 0.15) is 110 Å². The average molecular weight is 902 g/mol. The SMILES string of the molecule is CC(C)CC(NC(=O)C(CCCCN)NC(=O)C(CCC(=O)O)NC(=O)C(N)CCCCN)C(=O)NC(CCC(N)=O)C(=O)NC(CCC(=O)O)C(=O)NC(CCC(N)=O)C(=O)O. The molecule has 19 N–H and O–H groups in total. The van der Waals surface area contributed by atoms with E-state index in [0.29, 0.717) is 32.2 Å². The lowest BCUT2D eigenvalue weighted by Crippen LogP contribution is -2.60. The number of nitrogens with two attached hydrogens (primary N) is 5. The fourth-order valence-corrected chi connectivity index (χ4v) is 5.92. The van der Waals surface area contributed by atoms with E-state index in [2.05, 4.69) is 31.9 Å². The van der Waals surface area contributed by atoms with Gasteiger partial charge in [-0.2, -0.15) is 0 Å². The summed E-state index contributed by atoms with van der Waals surface area (Å²) in [6.45, 7) is 4.01. The van der Waals surface area contributed by atoms with E-state index in [4.69, 9.17) is 28.7 Å². The van der Waals surface area contributed by atoms with Crippen molar-refractivity contribution in [1.82, 2.24) is 31.9 Å². The van der Waals surface area contributed by atoms with Gasteiger partial charge in [0.25, 0.3) is 0 Å². The number of rotatable bonds is 35.